The predicted octanol–water partition coefficient (Wildman–Crippen LogP) is 4.31. The van der Waals surface area contributed by atoms with Crippen molar-refractivity contribution in [1.29, 1.82) is 0 Å². The number of anilines is 2. The van der Waals surface area contributed by atoms with Crippen molar-refractivity contribution in [2.75, 3.05) is 5.32 Å². The number of rotatable bonds is 5. The molecule has 1 aromatic heterocycles. The number of aromatic nitrogens is 1. The molecule has 0 radical (unpaired) electrons. The summed E-state index contributed by atoms with van der Waals surface area (Å²) in [6.07, 6.45) is 2.55. The summed E-state index contributed by atoms with van der Waals surface area (Å²) in [6, 6.07) is 9.16. The fourth-order valence-electron chi connectivity index (χ4n) is 2.33. The molecule has 0 fully saturated rings. The highest BCUT2D eigenvalue weighted by atomic mass is 19.2. The van der Waals surface area contributed by atoms with E-state index in [1.807, 2.05) is 0 Å². The third-order valence-corrected chi connectivity index (χ3v) is 3.71. The maximum atomic E-state index is 13.7. The maximum Gasteiger partial charge on any atom is 0.253 e. The molecule has 3 aromatic rings. The highest BCUT2D eigenvalue weighted by Crippen LogP contribution is 2.23. The van der Waals surface area contributed by atoms with E-state index >= 15 is 0 Å². The van der Waals surface area contributed by atoms with E-state index in [4.69, 9.17) is 0 Å². The van der Waals surface area contributed by atoms with Crippen LogP contribution in [0.3, 0.4) is 0 Å². The van der Waals surface area contributed by atoms with Gasteiger partial charge in [-0.05, 0) is 24.3 Å². The predicted molar refractivity (Wildman–Crippen MR) is 91.4 cm³/mol. The number of carbonyl (C=O) groups is 1. The Morgan fingerprint density at radius 3 is 2.48 bits per heavy atom. The van der Waals surface area contributed by atoms with Crippen LogP contribution in [0.4, 0.5) is 28.9 Å². The summed E-state index contributed by atoms with van der Waals surface area (Å²) in [5.41, 5.74) is 0.328. The lowest BCUT2D eigenvalue weighted by molar-refractivity contribution is 0.0950. The van der Waals surface area contributed by atoms with E-state index in [1.165, 1.54) is 36.7 Å². The molecule has 0 spiro atoms. The van der Waals surface area contributed by atoms with E-state index in [9.17, 15) is 22.4 Å². The molecule has 0 aliphatic carbocycles. The van der Waals surface area contributed by atoms with Crippen LogP contribution in [0.5, 0.6) is 0 Å². The van der Waals surface area contributed by atoms with Crippen molar-refractivity contribution in [2.45, 2.75) is 6.54 Å². The van der Waals surface area contributed by atoms with Gasteiger partial charge in [0.15, 0.2) is 17.5 Å². The number of amides is 1. The first kappa shape index (κ1) is 18.4. The largest absolute Gasteiger partial charge is 0.352 e. The topological polar surface area (TPSA) is 54.0 Å². The molecule has 0 aliphatic rings. The summed E-state index contributed by atoms with van der Waals surface area (Å²) in [6.45, 7) is -0.0268. The van der Waals surface area contributed by atoms with Gasteiger partial charge in [0.1, 0.15) is 5.82 Å². The Labute approximate surface area is 151 Å². The Morgan fingerprint density at radius 2 is 1.70 bits per heavy atom. The van der Waals surface area contributed by atoms with Gasteiger partial charge in [0.25, 0.3) is 5.91 Å². The third kappa shape index (κ3) is 4.22. The van der Waals surface area contributed by atoms with Gasteiger partial charge < -0.3 is 10.6 Å². The van der Waals surface area contributed by atoms with Crippen molar-refractivity contribution < 1.29 is 22.4 Å². The normalized spacial score (nSPS) is 10.5. The Hall–Kier alpha value is -3.42. The lowest BCUT2D eigenvalue weighted by Crippen LogP contribution is -2.23. The standard InChI is InChI=1S/C19H13F4N3O/c20-14-4-2-1-3-11(14)9-25-19(27)12-7-13(10-24-8-12)26-16-6-5-15(21)17(22)18(16)23/h1-8,10,26H,9H2,(H,25,27). The summed E-state index contributed by atoms with van der Waals surface area (Å²) < 4.78 is 53.6. The fourth-order valence-corrected chi connectivity index (χ4v) is 2.33. The molecule has 4 nitrogen and oxygen atoms in total. The number of hydrogen-bond donors (Lipinski definition) is 2. The van der Waals surface area contributed by atoms with Gasteiger partial charge >= 0.3 is 0 Å². The van der Waals surface area contributed by atoms with Crippen molar-refractivity contribution in [3.05, 3.63) is 89.3 Å². The number of nitrogens with one attached hydrogen (secondary N) is 2. The Bertz CT molecular complexity index is 994. The van der Waals surface area contributed by atoms with Gasteiger partial charge in [-0.25, -0.2) is 17.6 Å². The number of nitrogens with zero attached hydrogens (tertiary/aromatic N) is 1. The van der Waals surface area contributed by atoms with Crippen molar-refractivity contribution in [3.63, 3.8) is 0 Å². The fraction of sp³-hybridized carbons (Fsp3) is 0.0526. The van der Waals surface area contributed by atoms with Crippen molar-refractivity contribution >= 4 is 17.3 Å². The van der Waals surface area contributed by atoms with Gasteiger partial charge in [0.05, 0.1) is 23.1 Å². The van der Waals surface area contributed by atoms with Crippen LogP contribution in [0.15, 0.2) is 54.9 Å². The molecule has 0 saturated heterocycles. The average Bonchev–Trinajstić information content (AvgIpc) is 2.68. The van der Waals surface area contributed by atoms with Crippen LogP contribution in [0.2, 0.25) is 0 Å². The first-order valence-corrected chi connectivity index (χ1v) is 7.83. The molecule has 1 heterocycles. The van der Waals surface area contributed by atoms with Crippen LogP contribution < -0.4 is 10.6 Å². The number of carbonyl (C=O) groups excluding carboxylic acids is 1. The van der Waals surface area contributed by atoms with Crippen LogP contribution in [0.1, 0.15) is 15.9 Å². The minimum absolute atomic E-state index is 0.0268. The minimum atomic E-state index is -1.60. The lowest BCUT2D eigenvalue weighted by Gasteiger charge is -2.10. The van der Waals surface area contributed by atoms with Crippen LogP contribution in [-0.2, 0) is 6.54 Å². The third-order valence-electron chi connectivity index (χ3n) is 3.71. The van der Waals surface area contributed by atoms with E-state index in [2.05, 4.69) is 15.6 Å². The van der Waals surface area contributed by atoms with E-state index in [0.29, 0.717) is 5.56 Å². The summed E-state index contributed by atoms with van der Waals surface area (Å²) in [5.74, 6) is -5.27. The zero-order chi connectivity index (χ0) is 19.4. The Morgan fingerprint density at radius 1 is 0.926 bits per heavy atom. The zero-order valence-electron chi connectivity index (χ0n) is 13.8. The van der Waals surface area contributed by atoms with E-state index in [-0.39, 0.29) is 23.5 Å². The van der Waals surface area contributed by atoms with Crippen molar-refractivity contribution in [1.82, 2.24) is 10.3 Å². The highest BCUT2D eigenvalue weighted by molar-refractivity contribution is 5.94. The molecule has 0 saturated carbocycles. The second-order valence-electron chi connectivity index (χ2n) is 5.58. The summed E-state index contributed by atoms with van der Waals surface area (Å²) in [4.78, 5) is 16.1. The molecule has 8 heteroatoms. The smallest absolute Gasteiger partial charge is 0.253 e. The molecular weight excluding hydrogens is 362 g/mol. The van der Waals surface area contributed by atoms with Gasteiger partial charge in [-0.15, -0.1) is 0 Å². The molecule has 0 unspecified atom stereocenters. The van der Waals surface area contributed by atoms with Gasteiger partial charge in [-0.1, -0.05) is 18.2 Å². The minimum Gasteiger partial charge on any atom is -0.352 e. The quantitative estimate of drug-likeness (QED) is 0.516. The van der Waals surface area contributed by atoms with Gasteiger partial charge in [-0.3, -0.25) is 9.78 Å². The number of halogens is 4. The average molecular weight is 375 g/mol. The summed E-state index contributed by atoms with van der Waals surface area (Å²) >= 11 is 0. The number of hydrogen-bond acceptors (Lipinski definition) is 3. The summed E-state index contributed by atoms with van der Waals surface area (Å²) in [7, 11) is 0. The van der Waals surface area contributed by atoms with Crippen LogP contribution in [-0.4, -0.2) is 10.9 Å². The number of benzene rings is 2. The molecule has 0 aliphatic heterocycles. The Kier molecular flexibility index (Phi) is 5.35. The lowest BCUT2D eigenvalue weighted by atomic mass is 10.2. The second-order valence-corrected chi connectivity index (χ2v) is 5.58. The van der Waals surface area contributed by atoms with E-state index in [0.717, 1.165) is 12.1 Å². The molecule has 2 N–H and O–H groups in total. The van der Waals surface area contributed by atoms with Crippen molar-refractivity contribution in [3.8, 4) is 0 Å². The zero-order valence-corrected chi connectivity index (χ0v) is 13.8. The number of pyridine rings is 1. The monoisotopic (exact) mass is 375 g/mol. The second kappa shape index (κ2) is 7.86. The molecule has 1 amide bonds. The molecule has 0 atom stereocenters. The van der Waals surface area contributed by atoms with Gasteiger partial charge in [0, 0.05) is 18.3 Å². The highest BCUT2D eigenvalue weighted by Gasteiger charge is 2.14. The van der Waals surface area contributed by atoms with Crippen LogP contribution in [0, 0.1) is 23.3 Å². The first-order valence-electron chi connectivity index (χ1n) is 7.83. The molecule has 0 bridgehead atoms. The maximum absolute atomic E-state index is 13.7. The first-order chi connectivity index (χ1) is 13.0. The summed E-state index contributed by atoms with van der Waals surface area (Å²) in [5, 5.41) is 5.08. The molecule has 3 rings (SSSR count). The molecule has 138 valence electrons. The van der Waals surface area contributed by atoms with Crippen LogP contribution in [0.25, 0.3) is 0 Å². The molecule has 2 aromatic carbocycles. The Balaban J connectivity index is 1.73. The van der Waals surface area contributed by atoms with E-state index < -0.39 is 29.2 Å². The van der Waals surface area contributed by atoms with Crippen LogP contribution >= 0.6 is 0 Å². The van der Waals surface area contributed by atoms with Gasteiger partial charge in [-0.2, -0.15) is 0 Å². The molecular formula is C19H13F4N3O. The SMILES string of the molecule is O=C(NCc1ccccc1F)c1cncc(Nc2ccc(F)c(F)c2F)c1. The molecule has 27 heavy (non-hydrogen) atoms. The van der Waals surface area contributed by atoms with E-state index in [1.54, 1.807) is 6.07 Å². The van der Waals surface area contributed by atoms with Crippen molar-refractivity contribution in [2.24, 2.45) is 0 Å². The van der Waals surface area contributed by atoms with Gasteiger partial charge in [0.2, 0.25) is 0 Å².